The number of nitrogens with zero attached hydrogens (tertiary/aromatic N) is 3. The maximum atomic E-state index is 12.2. The van der Waals surface area contributed by atoms with Crippen LogP contribution in [0.1, 0.15) is 27.4 Å². The summed E-state index contributed by atoms with van der Waals surface area (Å²) >= 11 is 0. The van der Waals surface area contributed by atoms with Gasteiger partial charge in [0.15, 0.2) is 0 Å². The molecule has 112 valence electrons. The Bertz CT molecular complexity index is 622. The molecule has 6 heteroatoms. The Morgan fingerprint density at radius 3 is 2.90 bits per heavy atom. The molecule has 0 aliphatic heterocycles. The van der Waals surface area contributed by atoms with E-state index in [2.05, 4.69) is 15.3 Å². The van der Waals surface area contributed by atoms with E-state index < -0.39 is 0 Å². The number of ether oxygens (including phenoxy) is 1. The van der Waals surface area contributed by atoms with Gasteiger partial charge in [-0.1, -0.05) is 0 Å². The van der Waals surface area contributed by atoms with Crippen molar-refractivity contribution in [2.75, 3.05) is 13.7 Å². The maximum Gasteiger partial charge on any atom is 0.253 e. The molecular weight excluding hydrogens is 268 g/mol. The van der Waals surface area contributed by atoms with Gasteiger partial charge in [0.2, 0.25) is 0 Å². The average Bonchev–Trinajstić information content (AvgIpc) is 2.90. The number of methoxy groups -OCH3 is 1. The topological polar surface area (TPSA) is 69.0 Å². The monoisotopic (exact) mass is 288 g/mol. The molecule has 0 saturated carbocycles. The van der Waals surface area contributed by atoms with Crippen molar-refractivity contribution in [1.29, 1.82) is 0 Å². The molecule has 1 amide bonds. The first kappa shape index (κ1) is 15.2. The summed E-state index contributed by atoms with van der Waals surface area (Å²) in [6.45, 7) is 5.49. The minimum atomic E-state index is -0.125. The van der Waals surface area contributed by atoms with Gasteiger partial charge in [-0.2, -0.15) is 0 Å². The van der Waals surface area contributed by atoms with Crippen molar-refractivity contribution in [3.63, 3.8) is 0 Å². The van der Waals surface area contributed by atoms with Gasteiger partial charge in [0.1, 0.15) is 0 Å². The first-order valence-corrected chi connectivity index (χ1v) is 6.82. The van der Waals surface area contributed by atoms with Crippen molar-refractivity contribution in [2.45, 2.75) is 26.9 Å². The van der Waals surface area contributed by atoms with Crippen LogP contribution in [0, 0.1) is 13.8 Å². The quantitative estimate of drug-likeness (QED) is 0.874. The highest BCUT2D eigenvalue weighted by Gasteiger charge is 2.11. The second kappa shape index (κ2) is 6.99. The van der Waals surface area contributed by atoms with Crippen LogP contribution in [0.4, 0.5) is 0 Å². The number of imidazole rings is 1. The Hall–Kier alpha value is -2.21. The first-order chi connectivity index (χ1) is 10.1. The third-order valence-electron chi connectivity index (χ3n) is 3.23. The van der Waals surface area contributed by atoms with E-state index in [4.69, 9.17) is 4.74 Å². The predicted molar refractivity (Wildman–Crippen MR) is 79.0 cm³/mol. The standard InChI is InChI=1S/C15H20N4O2/c1-11-4-5-14(12(2)18-11)15(20)17-9-13-8-16-10-19(13)6-7-21-3/h4-5,8,10H,6-7,9H2,1-3H3,(H,17,20). The Labute approximate surface area is 124 Å². The van der Waals surface area contributed by atoms with Gasteiger partial charge in [-0.3, -0.25) is 9.78 Å². The Morgan fingerprint density at radius 2 is 2.19 bits per heavy atom. The van der Waals surface area contributed by atoms with Crippen molar-refractivity contribution in [2.24, 2.45) is 0 Å². The smallest absolute Gasteiger partial charge is 0.253 e. The summed E-state index contributed by atoms with van der Waals surface area (Å²) in [4.78, 5) is 20.6. The number of aryl methyl sites for hydroxylation is 2. The number of nitrogens with one attached hydrogen (secondary N) is 1. The first-order valence-electron chi connectivity index (χ1n) is 6.82. The molecule has 1 N–H and O–H groups in total. The van der Waals surface area contributed by atoms with Crippen molar-refractivity contribution in [3.8, 4) is 0 Å². The zero-order chi connectivity index (χ0) is 15.2. The largest absolute Gasteiger partial charge is 0.383 e. The van der Waals surface area contributed by atoms with Gasteiger partial charge in [-0.15, -0.1) is 0 Å². The van der Waals surface area contributed by atoms with E-state index >= 15 is 0 Å². The van der Waals surface area contributed by atoms with E-state index in [-0.39, 0.29) is 5.91 Å². The van der Waals surface area contributed by atoms with Gasteiger partial charge in [0.05, 0.1) is 36.4 Å². The van der Waals surface area contributed by atoms with Crippen molar-refractivity contribution in [3.05, 3.63) is 47.3 Å². The van der Waals surface area contributed by atoms with E-state index in [9.17, 15) is 4.79 Å². The molecule has 0 aliphatic rings. The van der Waals surface area contributed by atoms with E-state index in [0.717, 1.165) is 17.1 Å². The summed E-state index contributed by atoms with van der Waals surface area (Å²) in [7, 11) is 1.66. The number of pyridine rings is 1. The summed E-state index contributed by atoms with van der Waals surface area (Å²) in [6, 6.07) is 3.64. The number of amides is 1. The molecule has 0 bridgehead atoms. The van der Waals surface area contributed by atoms with Gasteiger partial charge >= 0.3 is 0 Å². The molecule has 0 atom stereocenters. The van der Waals surface area contributed by atoms with Crippen LogP contribution >= 0.6 is 0 Å². The van der Waals surface area contributed by atoms with E-state index in [0.29, 0.717) is 25.3 Å². The molecule has 2 aromatic rings. The lowest BCUT2D eigenvalue weighted by Gasteiger charge is -2.10. The molecule has 0 aromatic carbocycles. The van der Waals surface area contributed by atoms with Gasteiger partial charge in [-0.25, -0.2) is 4.98 Å². The minimum Gasteiger partial charge on any atom is -0.383 e. The molecular formula is C15H20N4O2. The lowest BCUT2D eigenvalue weighted by atomic mass is 10.1. The number of rotatable bonds is 6. The summed E-state index contributed by atoms with van der Waals surface area (Å²) in [5.74, 6) is -0.125. The summed E-state index contributed by atoms with van der Waals surface area (Å²) in [5, 5.41) is 2.90. The Kier molecular flexibility index (Phi) is 5.05. The average molecular weight is 288 g/mol. The second-order valence-electron chi connectivity index (χ2n) is 4.84. The summed E-state index contributed by atoms with van der Waals surface area (Å²) in [5.41, 5.74) is 3.18. The molecule has 2 heterocycles. The number of aromatic nitrogens is 3. The number of carbonyl (C=O) groups excluding carboxylic acids is 1. The fourth-order valence-corrected chi connectivity index (χ4v) is 2.08. The normalized spacial score (nSPS) is 10.6. The molecule has 6 nitrogen and oxygen atoms in total. The zero-order valence-electron chi connectivity index (χ0n) is 12.6. The van der Waals surface area contributed by atoms with E-state index in [1.807, 2.05) is 24.5 Å². The second-order valence-corrected chi connectivity index (χ2v) is 4.84. The van der Waals surface area contributed by atoms with Crippen LogP contribution in [0.2, 0.25) is 0 Å². The highest BCUT2D eigenvalue weighted by molar-refractivity contribution is 5.95. The fourth-order valence-electron chi connectivity index (χ4n) is 2.08. The molecule has 0 spiro atoms. The third kappa shape index (κ3) is 3.88. The van der Waals surface area contributed by atoms with E-state index in [1.54, 1.807) is 25.7 Å². The third-order valence-corrected chi connectivity index (χ3v) is 3.23. The van der Waals surface area contributed by atoms with Gasteiger partial charge in [0.25, 0.3) is 5.91 Å². The van der Waals surface area contributed by atoms with Crippen LogP contribution in [-0.4, -0.2) is 34.2 Å². The van der Waals surface area contributed by atoms with E-state index in [1.165, 1.54) is 0 Å². The lowest BCUT2D eigenvalue weighted by molar-refractivity contribution is 0.0948. The van der Waals surface area contributed by atoms with Crippen LogP contribution in [0.3, 0.4) is 0 Å². The van der Waals surface area contributed by atoms with Crippen LogP contribution in [0.5, 0.6) is 0 Å². The molecule has 2 rings (SSSR count). The molecule has 0 fully saturated rings. The lowest BCUT2D eigenvalue weighted by Crippen LogP contribution is -2.25. The van der Waals surface area contributed by atoms with Crippen LogP contribution in [-0.2, 0) is 17.8 Å². The molecule has 21 heavy (non-hydrogen) atoms. The predicted octanol–water partition coefficient (Wildman–Crippen LogP) is 1.47. The van der Waals surface area contributed by atoms with Gasteiger partial charge < -0.3 is 14.6 Å². The van der Waals surface area contributed by atoms with Crippen molar-refractivity contribution in [1.82, 2.24) is 19.9 Å². The number of hydrogen-bond donors (Lipinski definition) is 1. The van der Waals surface area contributed by atoms with Crippen LogP contribution in [0.15, 0.2) is 24.7 Å². The summed E-state index contributed by atoms with van der Waals surface area (Å²) in [6.07, 6.45) is 3.48. The zero-order valence-corrected chi connectivity index (χ0v) is 12.6. The minimum absolute atomic E-state index is 0.125. The molecule has 2 aromatic heterocycles. The molecule has 0 unspecified atom stereocenters. The van der Waals surface area contributed by atoms with Crippen LogP contribution < -0.4 is 5.32 Å². The van der Waals surface area contributed by atoms with Crippen molar-refractivity contribution >= 4 is 5.91 Å². The summed E-state index contributed by atoms with van der Waals surface area (Å²) < 4.78 is 7.01. The Balaban J connectivity index is 1.99. The van der Waals surface area contributed by atoms with Crippen molar-refractivity contribution < 1.29 is 9.53 Å². The highest BCUT2D eigenvalue weighted by atomic mass is 16.5. The highest BCUT2D eigenvalue weighted by Crippen LogP contribution is 2.07. The maximum absolute atomic E-state index is 12.2. The number of carbonyl (C=O) groups is 1. The van der Waals surface area contributed by atoms with Gasteiger partial charge in [-0.05, 0) is 26.0 Å². The fraction of sp³-hybridized carbons (Fsp3) is 0.400. The molecule has 0 radical (unpaired) electrons. The Morgan fingerprint density at radius 1 is 1.38 bits per heavy atom. The molecule has 0 aliphatic carbocycles. The van der Waals surface area contributed by atoms with Crippen LogP contribution in [0.25, 0.3) is 0 Å². The SMILES string of the molecule is COCCn1cncc1CNC(=O)c1ccc(C)nc1C. The van der Waals surface area contributed by atoms with Gasteiger partial charge in [0, 0.05) is 25.5 Å². The molecule has 0 saturated heterocycles. The number of hydrogen-bond acceptors (Lipinski definition) is 4.